The number of rotatable bonds is 9. The van der Waals surface area contributed by atoms with Crippen LogP contribution in [-0.4, -0.2) is 40.0 Å². The average molecular weight is 459 g/mol. The number of esters is 1. The van der Waals surface area contributed by atoms with Crippen LogP contribution in [0.25, 0.3) is 10.8 Å². The SMILES string of the molecule is O=C(COC(=O)c1csc(-c2ncccn2)n1)NCCC(c1ccccc1)c1ccccc1. The third-order valence-corrected chi connectivity index (χ3v) is 5.80. The van der Waals surface area contributed by atoms with Crippen LogP contribution in [0.2, 0.25) is 0 Å². The monoisotopic (exact) mass is 458 g/mol. The highest BCUT2D eigenvalue weighted by atomic mass is 32.1. The van der Waals surface area contributed by atoms with E-state index in [9.17, 15) is 9.59 Å². The molecule has 0 aliphatic carbocycles. The lowest BCUT2D eigenvalue weighted by atomic mass is 9.88. The summed E-state index contributed by atoms with van der Waals surface area (Å²) < 4.78 is 5.12. The van der Waals surface area contributed by atoms with E-state index in [1.807, 2.05) is 36.4 Å². The number of aromatic nitrogens is 3. The van der Waals surface area contributed by atoms with Crippen molar-refractivity contribution < 1.29 is 14.3 Å². The minimum atomic E-state index is -0.657. The Hall–Kier alpha value is -3.91. The molecular formula is C25H22N4O3S. The number of amides is 1. The van der Waals surface area contributed by atoms with Gasteiger partial charge in [0.1, 0.15) is 0 Å². The summed E-state index contributed by atoms with van der Waals surface area (Å²) in [5.41, 5.74) is 2.50. The molecule has 2 aromatic heterocycles. The van der Waals surface area contributed by atoms with Gasteiger partial charge in [-0.1, -0.05) is 60.7 Å². The van der Waals surface area contributed by atoms with Crippen molar-refractivity contribution >= 4 is 23.2 Å². The Balaban J connectivity index is 1.27. The van der Waals surface area contributed by atoms with Gasteiger partial charge in [0.25, 0.3) is 5.91 Å². The van der Waals surface area contributed by atoms with E-state index in [4.69, 9.17) is 4.74 Å². The molecule has 4 aromatic rings. The Kier molecular flexibility index (Phi) is 7.50. The third-order valence-electron chi connectivity index (χ3n) is 4.96. The van der Waals surface area contributed by atoms with Crippen molar-refractivity contribution in [1.29, 1.82) is 0 Å². The second-order valence-electron chi connectivity index (χ2n) is 7.20. The first kappa shape index (κ1) is 22.3. The molecule has 2 heterocycles. The molecule has 0 saturated carbocycles. The molecule has 8 heteroatoms. The van der Waals surface area contributed by atoms with Gasteiger partial charge in [-0.3, -0.25) is 4.79 Å². The predicted molar refractivity (Wildman–Crippen MR) is 126 cm³/mol. The van der Waals surface area contributed by atoms with Crippen LogP contribution in [0.1, 0.15) is 34.0 Å². The number of carbonyl (C=O) groups is 2. The van der Waals surface area contributed by atoms with Crippen molar-refractivity contribution in [3.63, 3.8) is 0 Å². The summed E-state index contributed by atoms with van der Waals surface area (Å²) in [7, 11) is 0. The summed E-state index contributed by atoms with van der Waals surface area (Å²) in [6.07, 6.45) is 3.93. The Bertz CT molecular complexity index is 1140. The van der Waals surface area contributed by atoms with E-state index < -0.39 is 5.97 Å². The zero-order chi connectivity index (χ0) is 22.9. The van der Waals surface area contributed by atoms with E-state index in [1.54, 1.807) is 23.8 Å². The van der Waals surface area contributed by atoms with Gasteiger partial charge in [-0.15, -0.1) is 11.3 Å². The minimum absolute atomic E-state index is 0.128. The van der Waals surface area contributed by atoms with Gasteiger partial charge in [0, 0.05) is 30.2 Å². The molecule has 0 spiro atoms. The summed E-state index contributed by atoms with van der Waals surface area (Å²) in [4.78, 5) is 36.9. The number of nitrogens with zero attached hydrogens (tertiary/aromatic N) is 3. The second kappa shape index (κ2) is 11.1. The van der Waals surface area contributed by atoms with Gasteiger partial charge in [0.05, 0.1) is 0 Å². The number of hydrogen-bond donors (Lipinski definition) is 1. The normalized spacial score (nSPS) is 10.7. The van der Waals surface area contributed by atoms with Gasteiger partial charge >= 0.3 is 5.97 Å². The molecule has 0 saturated heterocycles. The van der Waals surface area contributed by atoms with Gasteiger partial charge < -0.3 is 10.1 Å². The topological polar surface area (TPSA) is 94.1 Å². The molecule has 0 aliphatic rings. The van der Waals surface area contributed by atoms with Gasteiger partial charge in [0.2, 0.25) is 0 Å². The molecule has 0 unspecified atom stereocenters. The maximum Gasteiger partial charge on any atom is 0.358 e. The lowest BCUT2D eigenvalue weighted by Gasteiger charge is -2.18. The van der Waals surface area contributed by atoms with Crippen molar-refractivity contribution in [2.75, 3.05) is 13.2 Å². The smallest absolute Gasteiger partial charge is 0.358 e. The van der Waals surface area contributed by atoms with Crippen LogP contribution in [0.5, 0.6) is 0 Å². The molecule has 1 amide bonds. The largest absolute Gasteiger partial charge is 0.451 e. The van der Waals surface area contributed by atoms with Gasteiger partial charge in [-0.05, 0) is 23.6 Å². The molecule has 33 heavy (non-hydrogen) atoms. The molecule has 0 aliphatic heterocycles. The van der Waals surface area contributed by atoms with Crippen molar-refractivity contribution in [2.45, 2.75) is 12.3 Å². The molecule has 1 N–H and O–H groups in total. The van der Waals surface area contributed by atoms with Crippen LogP contribution >= 0.6 is 11.3 Å². The van der Waals surface area contributed by atoms with Crippen molar-refractivity contribution in [3.05, 3.63) is 101 Å². The first-order valence-electron chi connectivity index (χ1n) is 10.5. The minimum Gasteiger partial charge on any atom is -0.451 e. The van der Waals surface area contributed by atoms with Crippen molar-refractivity contribution in [2.24, 2.45) is 0 Å². The molecule has 0 atom stereocenters. The van der Waals surface area contributed by atoms with E-state index in [0.29, 0.717) is 17.4 Å². The number of benzene rings is 2. The van der Waals surface area contributed by atoms with Crippen LogP contribution in [0.15, 0.2) is 84.5 Å². The summed E-state index contributed by atoms with van der Waals surface area (Å²) in [6.45, 7) is 0.0892. The van der Waals surface area contributed by atoms with Crippen molar-refractivity contribution in [1.82, 2.24) is 20.3 Å². The average Bonchev–Trinajstić information content (AvgIpc) is 3.37. The maximum absolute atomic E-state index is 12.2. The number of thiazole rings is 1. The Labute approximate surface area is 195 Å². The highest BCUT2D eigenvalue weighted by Crippen LogP contribution is 2.27. The van der Waals surface area contributed by atoms with Gasteiger partial charge in [-0.2, -0.15) is 0 Å². The fourth-order valence-electron chi connectivity index (χ4n) is 3.39. The molecule has 166 valence electrons. The molecule has 4 rings (SSSR count). The van der Waals surface area contributed by atoms with E-state index in [2.05, 4.69) is 44.5 Å². The third kappa shape index (κ3) is 6.08. The first-order valence-corrected chi connectivity index (χ1v) is 11.4. The number of nitrogens with one attached hydrogen (secondary N) is 1. The lowest BCUT2D eigenvalue weighted by molar-refractivity contribution is -0.124. The first-order chi connectivity index (χ1) is 16.2. The summed E-state index contributed by atoms with van der Waals surface area (Å²) in [6, 6.07) is 22.1. The number of carbonyl (C=O) groups excluding carboxylic acids is 2. The summed E-state index contributed by atoms with van der Waals surface area (Å²) in [5, 5.41) is 4.92. The second-order valence-corrected chi connectivity index (χ2v) is 8.06. The highest BCUT2D eigenvalue weighted by Gasteiger charge is 2.17. The summed E-state index contributed by atoms with van der Waals surface area (Å²) in [5.74, 6) is -0.422. The van der Waals surface area contributed by atoms with Crippen molar-refractivity contribution in [3.8, 4) is 10.8 Å². The summed E-state index contributed by atoms with van der Waals surface area (Å²) >= 11 is 1.24. The molecular weight excluding hydrogens is 436 g/mol. The standard InChI is InChI=1S/C25H22N4O3S/c30-22(16-32-25(31)21-17-33-24(29-21)23-27-13-7-14-28-23)26-15-12-20(18-8-3-1-4-9-18)19-10-5-2-6-11-19/h1-11,13-14,17,20H,12,15-16H2,(H,26,30). The van der Waals surface area contributed by atoms with Crippen LogP contribution in [0.3, 0.4) is 0 Å². The Morgan fingerprint density at radius 2 is 1.55 bits per heavy atom. The molecule has 2 aromatic carbocycles. The van der Waals surface area contributed by atoms with Crippen LogP contribution in [0, 0.1) is 0 Å². The lowest BCUT2D eigenvalue weighted by Crippen LogP contribution is -2.30. The molecule has 0 bridgehead atoms. The van der Waals surface area contributed by atoms with Gasteiger partial charge in [-0.25, -0.2) is 19.7 Å². The van der Waals surface area contributed by atoms with Crippen LogP contribution < -0.4 is 5.32 Å². The van der Waals surface area contributed by atoms with Gasteiger partial charge in [0.15, 0.2) is 23.1 Å². The highest BCUT2D eigenvalue weighted by molar-refractivity contribution is 7.13. The van der Waals surface area contributed by atoms with E-state index >= 15 is 0 Å². The fraction of sp³-hybridized carbons (Fsp3) is 0.160. The molecule has 0 fully saturated rings. The van der Waals surface area contributed by atoms with Crippen LogP contribution in [0.4, 0.5) is 0 Å². The number of ether oxygens (including phenoxy) is 1. The van der Waals surface area contributed by atoms with E-state index in [0.717, 1.165) is 6.42 Å². The van der Waals surface area contributed by atoms with E-state index in [1.165, 1.54) is 22.5 Å². The maximum atomic E-state index is 12.2. The quantitative estimate of drug-likeness (QED) is 0.380. The molecule has 7 nitrogen and oxygen atoms in total. The molecule has 0 radical (unpaired) electrons. The number of hydrogen-bond acceptors (Lipinski definition) is 7. The van der Waals surface area contributed by atoms with E-state index in [-0.39, 0.29) is 24.1 Å². The zero-order valence-corrected chi connectivity index (χ0v) is 18.6. The Morgan fingerprint density at radius 3 is 2.18 bits per heavy atom. The van der Waals surface area contributed by atoms with Crippen LogP contribution in [-0.2, 0) is 9.53 Å². The fourth-order valence-corrected chi connectivity index (χ4v) is 4.12. The Morgan fingerprint density at radius 1 is 0.909 bits per heavy atom. The predicted octanol–water partition coefficient (Wildman–Crippen LogP) is 4.10. The zero-order valence-electron chi connectivity index (χ0n) is 17.8.